The van der Waals surface area contributed by atoms with Gasteiger partial charge in [-0.25, -0.2) is 4.39 Å². The number of nitrogens with one attached hydrogen (secondary N) is 1. The van der Waals surface area contributed by atoms with Gasteiger partial charge in [0.05, 0.1) is 6.54 Å². The maximum atomic E-state index is 12.7. The van der Waals surface area contributed by atoms with E-state index in [1.807, 2.05) is 4.90 Å². The molecule has 1 aromatic carbocycles. The van der Waals surface area contributed by atoms with Gasteiger partial charge in [0.2, 0.25) is 5.91 Å². The molecule has 3 N–H and O–H groups in total. The van der Waals surface area contributed by atoms with Crippen LogP contribution in [0.3, 0.4) is 0 Å². The normalized spacial score (nSPS) is 19.3. The average Bonchev–Trinajstić information content (AvgIpc) is 2.67. The van der Waals surface area contributed by atoms with Crippen molar-refractivity contribution < 1.29 is 9.18 Å². The second-order valence-corrected chi connectivity index (χ2v) is 4.34. The van der Waals surface area contributed by atoms with E-state index in [0.717, 1.165) is 19.5 Å². The molecule has 0 unspecified atom stereocenters. The van der Waals surface area contributed by atoms with Crippen molar-refractivity contribution in [2.75, 3.05) is 25.0 Å². The summed E-state index contributed by atoms with van der Waals surface area (Å²) in [5, 5.41) is 2.72. The molecule has 0 aromatic heterocycles. The topological polar surface area (TPSA) is 58.4 Å². The van der Waals surface area contributed by atoms with Crippen LogP contribution in [0.2, 0.25) is 0 Å². The van der Waals surface area contributed by atoms with Gasteiger partial charge in [0.25, 0.3) is 0 Å². The van der Waals surface area contributed by atoms with E-state index < -0.39 is 0 Å². The van der Waals surface area contributed by atoms with Gasteiger partial charge in [0, 0.05) is 24.8 Å². The summed E-state index contributed by atoms with van der Waals surface area (Å²) in [7, 11) is 0. The second kappa shape index (κ2) is 6.68. The number of hydrogen-bond acceptors (Lipinski definition) is 3. The highest BCUT2D eigenvalue weighted by atomic mass is 35.5. The lowest BCUT2D eigenvalue weighted by atomic mass is 10.3. The first kappa shape index (κ1) is 14.9. The fourth-order valence-electron chi connectivity index (χ4n) is 1.94. The maximum Gasteiger partial charge on any atom is 0.238 e. The van der Waals surface area contributed by atoms with Crippen LogP contribution in [0.4, 0.5) is 10.1 Å². The van der Waals surface area contributed by atoms with Crippen LogP contribution in [0.1, 0.15) is 6.42 Å². The van der Waals surface area contributed by atoms with Crippen molar-refractivity contribution in [3.63, 3.8) is 0 Å². The molecular weight excluding hydrogens is 257 g/mol. The smallest absolute Gasteiger partial charge is 0.238 e. The Morgan fingerprint density at radius 2 is 2.11 bits per heavy atom. The third-order valence-corrected chi connectivity index (χ3v) is 2.80. The number of halogens is 2. The third-order valence-electron chi connectivity index (χ3n) is 2.80. The van der Waals surface area contributed by atoms with Gasteiger partial charge in [0.15, 0.2) is 0 Å². The Balaban J connectivity index is 0.00000162. The number of anilines is 1. The van der Waals surface area contributed by atoms with Gasteiger partial charge in [0.1, 0.15) is 5.82 Å². The monoisotopic (exact) mass is 273 g/mol. The molecule has 1 amide bonds. The van der Waals surface area contributed by atoms with Crippen LogP contribution < -0.4 is 11.1 Å². The molecule has 1 atom stereocenters. The first-order valence-corrected chi connectivity index (χ1v) is 5.67. The molecule has 18 heavy (non-hydrogen) atoms. The van der Waals surface area contributed by atoms with Crippen molar-refractivity contribution in [3.05, 3.63) is 30.1 Å². The van der Waals surface area contributed by atoms with Gasteiger partial charge in [-0.05, 0) is 30.7 Å². The largest absolute Gasteiger partial charge is 0.326 e. The molecule has 1 aliphatic rings. The summed E-state index contributed by atoms with van der Waals surface area (Å²) in [6.07, 6.45) is 0.934. The molecule has 1 saturated heterocycles. The lowest BCUT2D eigenvalue weighted by Crippen LogP contribution is -2.33. The van der Waals surface area contributed by atoms with Gasteiger partial charge in [-0.2, -0.15) is 0 Å². The molecule has 100 valence electrons. The minimum absolute atomic E-state index is 0. The van der Waals surface area contributed by atoms with Crippen molar-refractivity contribution in [1.29, 1.82) is 0 Å². The number of benzene rings is 1. The zero-order chi connectivity index (χ0) is 12.3. The quantitative estimate of drug-likeness (QED) is 0.871. The lowest BCUT2D eigenvalue weighted by Gasteiger charge is -2.14. The van der Waals surface area contributed by atoms with Crippen LogP contribution in [0.25, 0.3) is 0 Å². The highest BCUT2D eigenvalue weighted by Crippen LogP contribution is 2.10. The van der Waals surface area contributed by atoms with Crippen LogP contribution in [0, 0.1) is 5.82 Å². The predicted molar refractivity (Wildman–Crippen MR) is 71.3 cm³/mol. The van der Waals surface area contributed by atoms with Crippen LogP contribution in [0.5, 0.6) is 0 Å². The molecule has 0 spiro atoms. The van der Waals surface area contributed by atoms with Crippen molar-refractivity contribution >= 4 is 24.0 Å². The maximum absolute atomic E-state index is 12.7. The van der Waals surface area contributed by atoms with Crippen molar-refractivity contribution in [1.82, 2.24) is 4.90 Å². The average molecular weight is 274 g/mol. The molecule has 1 heterocycles. The van der Waals surface area contributed by atoms with E-state index >= 15 is 0 Å². The highest BCUT2D eigenvalue weighted by molar-refractivity contribution is 5.92. The SMILES string of the molecule is Cl.N[C@H]1CCN(CC(=O)Nc2ccc(F)cc2)C1. The number of rotatable bonds is 3. The lowest BCUT2D eigenvalue weighted by molar-refractivity contribution is -0.117. The van der Waals surface area contributed by atoms with E-state index in [1.165, 1.54) is 12.1 Å². The van der Waals surface area contributed by atoms with E-state index in [1.54, 1.807) is 12.1 Å². The molecular formula is C12H17ClFN3O. The van der Waals surface area contributed by atoms with Crippen LogP contribution >= 0.6 is 12.4 Å². The first-order chi connectivity index (χ1) is 8.13. The van der Waals surface area contributed by atoms with Crippen molar-refractivity contribution in [2.45, 2.75) is 12.5 Å². The summed E-state index contributed by atoms with van der Waals surface area (Å²) in [4.78, 5) is 13.7. The number of carbonyl (C=O) groups is 1. The summed E-state index contributed by atoms with van der Waals surface area (Å²) in [6, 6.07) is 5.91. The van der Waals surface area contributed by atoms with E-state index in [0.29, 0.717) is 12.2 Å². The van der Waals surface area contributed by atoms with Gasteiger partial charge >= 0.3 is 0 Å². The summed E-state index contributed by atoms with van der Waals surface area (Å²) in [6.45, 7) is 1.96. The number of carbonyl (C=O) groups excluding carboxylic acids is 1. The number of nitrogens with two attached hydrogens (primary N) is 1. The first-order valence-electron chi connectivity index (χ1n) is 5.67. The van der Waals surface area contributed by atoms with Gasteiger partial charge in [-0.1, -0.05) is 0 Å². The molecule has 0 aliphatic carbocycles. The van der Waals surface area contributed by atoms with Gasteiger partial charge in [-0.3, -0.25) is 9.69 Å². The summed E-state index contributed by atoms with van der Waals surface area (Å²) in [5.74, 6) is -0.403. The molecule has 0 saturated carbocycles. The molecule has 1 aliphatic heterocycles. The Bertz CT molecular complexity index is 399. The molecule has 4 nitrogen and oxygen atoms in total. The molecule has 6 heteroatoms. The summed E-state index contributed by atoms with van der Waals surface area (Å²) < 4.78 is 12.7. The Kier molecular flexibility index (Phi) is 5.53. The molecule has 2 rings (SSSR count). The van der Waals surface area contributed by atoms with Crippen molar-refractivity contribution in [3.8, 4) is 0 Å². The van der Waals surface area contributed by atoms with Gasteiger partial charge < -0.3 is 11.1 Å². The Morgan fingerprint density at radius 1 is 1.44 bits per heavy atom. The number of hydrogen-bond donors (Lipinski definition) is 2. The summed E-state index contributed by atoms with van der Waals surface area (Å²) in [5.41, 5.74) is 6.37. The van der Waals surface area contributed by atoms with Crippen molar-refractivity contribution in [2.24, 2.45) is 5.73 Å². The fraction of sp³-hybridized carbons (Fsp3) is 0.417. The minimum Gasteiger partial charge on any atom is -0.326 e. The zero-order valence-electron chi connectivity index (χ0n) is 9.93. The van der Waals surface area contributed by atoms with E-state index in [4.69, 9.17) is 5.73 Å². The van der Waals surface area contributed by atoms with E-state index in [-0.39, 0.29) is 30.2 Å². The zero-order valence-corrected chi connectivity index (χ0v) is 10.8. The predicted octanol–water partition coefficient (Wildman–Crippen LogP) is 1.22. The molecule has 1 fully saturated rings. The number of nitrogens with zero attached hydrogens (tertiary/aromatic N) is 1. The number of amides is 1. The number of likely N-dealkylation sites (tertiary alicyclic amines) is 1. The van der Waals surface area contributed by atoms with E-state index in [2.05, 4.69) is 5.32 Å². The highest BCUT2D eigenvalue weighted by Gasteiger charge is 2.20. The molecule has 1 aromatic rings. The van der Waals surface area contributed by atoms with Crippen LogP contribution in [0.15, 0.2) is 24.3 Å². The van der Waals surface area contributed by atoms with E-state index in [9.17, 15) is 9.18 Å². The summed E-state index contributed by atoms with van der Waals surface area (Å²) >= 11 is 0. The van der Waals surface area contributed by atoms with Crippen LogP contribution in [-0.4, -0.2) is 36.5 Å². The van der Waals surface area contributed by atoms with Crippen LogP contribution in [-0.2, 0) is 4.79 Å². The third kappa shape index (κ3) is 4.25. The molecule has 0 bridgehead atoms. The fourth-order valence-corrected chi connectivity index (χ4v) is 1.94. The molecule has 0 radical (unpaired) electrons. The second-order valence-electron chi connectivity index (χ2n) is 4.34. The standard InChI is InChI=1S/C12H16FN3O.ClH/c13-9-1-3-11(4-2-9)15-12(17)8-16-6-5-10(14)7-16;/h1-4,10H,5-8,14H2,(H,15,17);1H/t10-;/m0./s1. The Hall–Kier alpha value is -1.17. The Morgan fingerprint density at radius 3 is 2.67 bits per heavy atom. The minimum atomic E-state index is -0.312. The Labute approximate surface area is 112 Å². The van der Waals surface area contributed by atoms with Gasteiger partial charge in [-0.15, -0.1) is 12.4 Å².